The third-order valence-electron chi connectivity index (χ3n) is 4.77. The summed E-state index contributed by atoms with van der Waals surface area (Å²) in [5, 5.41) is 16.5. The summed E-state index contributed by atoms with van der Waals surface area (Å²) in [5.74, 6) is 0.818. The van der Waals surface area contributed by atoms with E-state index >= 15 is 0 Å². The molecule has 2 aromatic carbocycles. The van der Waals surface area contributed by atoms with Crippen LogP contribution in [0.1, 0.15) is 0 Å². The van der Waals surface area contributed by atoms with Gasteiger partial charge < -0.3 is 9.47 Å². The molecular weight excluding hydrogens is 466 g/mol. The monoisotopic (exact) mass is 481 g/mol. The van der Waals surface area contributed by atoms with Crippen LogP contribution in [-0.2, 0) is 11.3 Å². The van der Waals surface area contributed by atoms with Gasteiger partial charge in [-0.15, -0.1) is 10.2 Å². The molecule has 33 heavy (non-hydrogen) atoms. The fourth-order valence-electron chi connectivity index (χ4n) is 3.23. The first-order valence-corrected chi connectivity index (χ1v) is 11.1. The summed E-state index contributed by atoms with van der Waals surface area (Å²) in [4.78, 5) is 24.8. The zero-order chi connectivity index (χ0) is 22.8. The number of amides is 1. The first-order valence-electron chi connectivity index (χ1n) is 9.93. The van der Waals surface area contributed by atoms with Crippen LogP contribution in [0.4, 0.5) is 5.13 Å². The zero-order valence-electron chi connectivity index (χ0n) is 17.0. The highest BCUT2D eigenvalue weighted by Crippen LogP contribution is 2.34. The molecule has 1 aliphatic rings. The normalized spacial score (nSPS) is 12.4. The van der Waals surface area contributed by atoms with E-state index in [0.29, 0.717) is 45.6 Å². The summed E-state index contributed by atoms with van der Waals surface area (Å²) in [7, 11) is 0. The molecule has 5 rings (SSSR count). The van der Waals surface area contributed by atoms with Gasteiger partial charge in [0.15, 0.2) is 16.5 Å². The summed E-state index contributed by atoms with van der Waals surface area (Å²) >= 11 is 7.38. The summed E-state index contributed by atoms with van der Waals surface area (Å²) in [6.45, 7) is 0.685. The van der Waals surface area contributed by atoms with Gasteiger partial charge in [0.1, 0.15) is 19.8 Å². The lowest BCUT2D eigenvalue weighted by atomic mass is 10.1. The van der Waals surface area contributed by atoms with Crippen molar-refractivity contribution in [2.75, 3.05) is 18.5 Å². The molecule has 0 saturated carbocycles. The van der Waals surface area contributed by atoms with Gasteiger partial charge in [0.05, 0.1) is 10.7 Å². The van der Waals surface area contributed by atoms with Crippen molar-refractivity contribution in [1.29, 1.82) is 0 Å². The Morgan fingerprint density at radius 1 is 1.06 bits per heavy atom. The molecule has 0 unspecified atom stereocenters. The van der Waals surface area contributed by atoms with E-state index in [2.05, 4.69) is 20.6 Å². The molecule has 1 aliphatic heterocycles. The fraction of sp³-hybridized carbons (Fsp3) is 0.136. The molecule has 3 heterocycles. The number of anilines is 1. The lowest BCUT2D eigenvalue weighted by molar-refractivity contribution is -0.117. The highest BCUT2D eigenvalue weighted by molar-refractivity contribution is 7.18. The molecule has 0 radical (unpaired) electrons. The Balaban J connectivity index is 1.32. The average Bonchev–Trinajstić information content (AvgIpc) is 3.28. The number of halogens is 1. The minimum atomic E-state index is -0.453. The number of rotatable bonds is 5. The summed E-state index contributed by atoms with van der Waals surface area (Å²) in [6.07, 6.45) is 0. The van der Waals surface area contributed by atoms with Gasteiger partial charge in [-0.05, 0) is 30.3 Å². The van der Waals surface area contributed by atoms with E-state index in [1.54, 1.807) is 24.3 Å². The molecule has 0 aliphatic carbocycles. The van der Waals surface area contributed by atoms with E-state index in [1.807, 2.05) is 24.3 Å². The minimum absolute atomic E-state index is 0.280. The van der Waals surface area contributed by atoms with Crippen LogP contribution in [0.15, 0.2) is 59.4 Å². The van der Waals surface area contributed by atoms with Crippen LogP contribution in [0.5, 0.6) is 11.5 Å². The Labute approximate surface area is 196 Å². The predicted octanol–water partition coefficient (Wildman–Crippen LogP) is 3.49. The maximum atomic E-state index is 12.6. The number of nitrogens with zero attached hydrogens (tertiary/aromatic N) is 4. The number of nitrogens with one attached hydrogen (secondary N) is 1. The number of carbonyl (C=O) groups excluding carboxylic acids is 1. The topological polar surface area (TPSA) is 108 Å². The lowest BCUT2D eigenvalue weighted by Crippen LogP contribution is -2.29. The van der Waals surface area contributed by atoms with Gasteiger partial charge in [-0.3, -0.25) is 14.9 Å². The summed E-state index contributed by atoms with van der Waals surface area (Å²) < 4.78 is 12.2. The maximum absolute atomic E-state index is 12.6. The standard InChI is InChI=1S/C22H16ClN5O4S/c23-15-4-2-1-3-14(15)21-25-26-22(33-21)24-19(29)12-28-20(30)8-6-16(27-28)13-5-7-17-18(11-13)32-10-9-31-17/h1-8,11H,9-10,12H2,(H,24,26,29). The number of aromatic nitrogens is 4. The van der Waals surface area contributed by atoms with Crippen LogP contribution >= 0.6 is 22.9 Å². The van der Waals surface area contributed by atoms with Crippen molar-refractivity contribution >= 4 is 34.0 Å². The third-order valence-corrected chi connectivity index (χ3v) is 5.98. The zero-order valence-corrected chi connectivity index (χ0v) is 18.6. The summed E-state index contributed by atoms with van der Waals surface area (Å²) in [5.41, 5.74) is 1.58. The molecule has 1 amide bonds. The molecule has 0 bridgehead atoms. The van der Waals surface area contributed by atoms with Gasteiger partial charge in [-0.25, -0.2) is 4.68 Å². The maximum Gasteiger partial charge on any atom is 0.267 e. The van der Waals surface area contributed by atoms with Gasteiger partial charge >= 0.3 is 0 Å². The number of fused-ring (bicyclic) bond motifs is 1. The molecule has 0 atom stereocenters. The van der Waals surface area contributed by atoms with Crippen molar-refractivity contribution in [3.05, 3.63) is 70.0 Å². The van der Waals surface area contributed by atoms with Crippen molar-refractivity contribution in [3.63, 3.8) is 0 Å². The molecule has 2 aromatic heterocycles. The van der Waals surface area contributed by atoms with Crippen molar-refractivity contribution in [2.45, 2.75) is 6.54 Å². The number of hydrogen-bond acceptors (Lipinski definition) is 8. The highest BCUT2D eigenvalue weighted by atomic mass is 35.5. The third kappa shape index (κ3) is 4.57. The van der Waals surface area contributed by atoms with E-state index in [0.717, 1.165) is 15.8 Å². The fourth-order valence-corrected chi connectivity index (χ4v) is 4.31. The van der Waals surface area contributed by atoms with Crippen LogP contribution < -0.4 is 20.3 Å². The van der Waals surface area contributed by atoms with E-state index in [4.69, 9.17) is 21.1 Å². The SMILES string of the molecule is O=C(Cn1nc(-c2ccc3c(c2)OCCO3)ccc1=O)Nc1nnc(-c2ccccc2Cl)s1. The summed E-state index contributed by atoms with van der Waals surface area (Å²) in [6, 6.07) is 15.6. The molecule has 0 fully saturated rings. The number of benzene rings is 2. The molecule has 0 saturated heterocycles. The van der Waals surface area contributed by atoms with Gasteiger partial charge in [-0.1, -0.05) is 41.1 Å². The first kappa shape index (κ1) is 21.1. The number of ether oxygens (including phenoxy) is 2. The van der Waals surface area contributed by atoms with Gasteiger partial charge in [0.2, 0.25) is 11.0 Å². The number of carbonyl (C=O) groups is 1. The molecule has 4 aromatic rings. The lowest BCUT2D eigenvalue weighted by Gasteiger charge is -2.18. The first-order chi connectivity index (χ1) is 16.1. The second-order valence-corrected chi connectivity index (χ2v) is 8.40. The Morgan fingerprint density at radius 3 is 2.73 bits per heavy atom. The van der Waals surface area contributed by atoms with E-state index in [-0.39, 0.29) is 6.54 Å². The van der Waals surface area contributed by atoms with Gasteiger partial charge in [0.25, 0.3) is 5.56 Å². The van der Waals surface area contributed by atoms with Crippen LogP contribution in [0, 0.1) is 0 Å². The molecule has 0 spiro atoms. The Bertz CT molecular complexity index is 1400. The van der Waals surface area contributed by atoms with Crippen molar-refractivity contribution < 1.29 is 14.3 Å². The Kier molecular flexibility index (Phi) is 5.76. The smallest absolute Gasteiger partial charge is 0.267 e. The van der Waals surface area contributed by atoms with Crippen molar-refractivity contribution in [1.82, 2.24) is 20.0 Å². The van der Waals surface area contributed by atoms with Crippen LogP contribution in [-0.4, -0.2) is 39.1 Å². The van der Waals surface area contributed by atoms with Crippen molar-refractivity contribution in [3.8, 4) is 33.3 Å². The highest BCUT2D eigenvalue weighted by Gasteiger charge is 2.15. The minimum Gasteiger partial charge on any atom is -0.486 e. The quantitative estimate of drug-likeness (QED) is 0.464. The largest absolute Gasteiger partial charge is 0.486 e. The van der Waals surface area contributed by atoms with E-state index in [1.165, 1.54) is 17.4 Å². The average molecular weight is 482 g/mol. The van der Waals surface area contributed by atoms with Crippen LogP contribution in [0.2, 0.25) is 5.02 Å². The Hall–Kier alpha value is -3.76. The van der Waals surface area contributed by atoms with Crippen LogP contribution in [0.3, 0.4) is 0 Å². The second kappa shape index (κ2) is 9.00. The molecule has 166 valence electrons. The predicted molar refractivity (Wildman–Crippen MR) is 124 cm³/mol. The van der Waals surface area contributed by atoms with Crippen molar-refractivity contribution in [2.24, 2.45) is 0 Å². The Morgan fingerprint density at radius 2 is 1.88 bits per heavy atom. The second-order valence-electron chi connectivity index (χ2n) is 7.01. The van der Waals surface area contributed by atoms with Gasteiger partial charge in [0, 0.05) is 17.2 Å². The number of hydrogen-bond donors (Lipinski definition) is 1. The van der Waals surface area contributed by atoms with Crippen LogP contribution in [0.25, 0.3) is 21.8 Å². The molecular formula is C22H16ClN5O4S. The molecule has 9 nitrogen and oxygen atoms in total. The molecule has 11 heteroatoms. The van der Waals surface area contributed by atoms with E-state index in [9.17, 15) is 9.59 Å². The van der Waals surface area contributed by atoms with Gasteiger partial charge in [-0.2, -0.15) is 5.10 Å². The van der Waals surface area contributed by atoms with E-state index < -0.39 is 11.5 Å². The molecule has 1 N–H and O–H groups in total.